The molecule has 9 heteroatoms. The van der Waals surface area contributed by atoms with Crippen molar-refractivity contribution in [3.05, 3.63) is 86.1 Å². The Balaban J connectivity index is 1.73. The van der Waals surface area contributed by atoms with Gasteiger partial charge in [0.05, 0.1) is 23.9 Å². The highest BCUT2D eigenvalue weighted by atomic mass is 79.9. The number of hydrogen-bond acceptors (Lipinski definition) is 5. The number of nitrogens with one attached hydrogen (secondary N) is 1. The third kappa shape index (κ3) is 7.80. The molecule has 0 radical (unpaired) electrons. The van der Waals surface area contributed by atoms with Gasteiger partial charge in [0.2, 0.25) is 0 Å². The molecule has 0 spiro atoms. The predicted octanol–water partition coefficient (Wildman–Crippen LogP) is 6.88. The van der Waals surface area contributed by atoms with Crippen molar-refractivity contribution in [3.8, 4) is 17.2 Å². The number of ether oxygens (including phenoxy) is 3. The molecule has 3 aromatic rings. The standard InChI is InChI=1S/C26H25Br2FN2O4/c1-3-11-34-23-10-7-18(13-24(23)33-4-2)26(32)31-30-15-19-12-20(27)14-22(28)25(19)35-16-17-5-8-21(29)9-6-17/h5-10,12-15H,3-4,11,16H2,1-2H3,(H,31,32)/b30-15+. The van der Waals surface area contributed by atoms with Gasteiger partial charge in [0.15, 0.2) is 11.5 Å². The van der Waals surface area contributed by atoms with Crippen molar-refractivity contribution < 1.29 is 23.4 Å². The molecule has 0 fully saturated rings. The van der Waals surface area contributed by atoms with Crippen LogP contribution in [0.15, 0.2) is 68.6 Å². The van der Waals surface area contributed by atoms with Crippen LogP contribution in [0.4, 0.5) is 4.39 Å². The number of rotatable bonds is 11. The summed E-state index contributed by atoms with van der Waals surface area (Å²) in [5.74, 6) is 0.929. The minimum absolute atomic E-state index is 0.236. The second-order valence-corrected chi connectivity index (χ2v) is 9.13. The molecule has 0 atom stereocenters. The first-order chi connectivity index (χ1) is 16.9. The normalized spacial score (nSPS) is 10.9. The van der Waals surface area contributed by atoms with E-state index in [-0.39, 0.29) is 12.4 Å². The second-order valence-electron chi connectivity index (χ2n) is 7.36. The van der Waals surface area contributed by atoms with E-state index in [4.69, 9.17) is 14.2 Å². The number of hydrogen-bond donors (Lipinski definition) is 1. The van der Waals surface area contributed by atoms with Crippen LogP contribution in [-0.4, -0.2) is 25.3 Å². The Kier molecular flexibility index (Phi) is 10.1. The summed E-state index contributed by atoms with van der Waals surface area (Å²) in [5.41, 5.74) is 4.36. The number of halogens is 3. The quantitative estimate of drug-likeness (QED) is 0.191. The van der Waals surface area contributed by atoms with Gasteiger partial charge in [-0.2, -0.15) is 5.10 Å². The van der Waals surface area contributed by atoms with Crippen molar-refractivity contribution in [1.82, 2.24) is 5.43 Å². The molecule has 1 N–H and O–H groups in total. The lowest BCUT2D eigenvalue weighted by Crippen LogP contribution is -2.18. The minimum Gasteiger partial charge on any atom is -0.490 e. The Morgan fingerprint density at radius 1 is 1.00 bits per heavy atom. The Hall–Kier alpha value is -2.91. The van der Waals surface area contributed by atoms with Crippen LogP contribution in [0.3, 0.4) is 0 Å². The van der Waals surface area contributed by atoms with Gasteiger partial charge in [-0.1, -0.05) is 35.0 Å². The maximum Gasteiger partial charge on any atom is 0.271 e. The molecule has 0 heterocycles. The van der Waals surface area contributed by atoms with Gasteiger partial charge in [0.1, 0.15) is 18.2 Å². The monoisotopic (exact) mass is 606 g/mol. The van der Waals surface area contributed by atoms with Gasteiger partial charge in [-0.25, -0.2) is 9.82 Å². The van der Waals surface area contributed by atoms with Gasteiger partial charge in [0, 0.05) is 15.6 Å². The molecule has 0 saturated heterocycles. The van der Waals surface area contributed by atoms with E-state index in [2.05, 4.69) is 42.4 Å². The maximum absolute atomic E-state index is 13.2. The van der Waals surface area contributed by atoms with Crippen molar-refractivity contribution in [1.29, 1.82) is 0 Å². The molecule has 0 saturated carbocycles. The Labute approximate surface area is 220 Å². The van der Waals surface area contributed by atoms with Crippen LogP contribution in [-0.2, 0) is 6.61 Å². The van der Waals surface area contributed by atoms with Crippen molar-refractivity contribution in [2.45, 2.75) is 26.9 Å². The first kappa shape index (κ1) is 26.7. The molecule has 3 aromatic carbocycles. The maximum atomic E-state index is 13.2. The fraction of sp³-hybridized carbons (Fsp3) is 0.231. The predicted molar refractivity (Wildman–Crippen MR) is 141 cm³/mol. The van der Waals surface area contributed by atoms with Crippen LogP contribution in [0.2, 0.25) is 0 Å². The van der Waals surface area contributed by atoms with E-state index >= 15 is 0 Å². The van der Waals surface area contributed by atoms with E-state index in [1.807, 2.05) is 26.0 Å². The zero-order chi connectivity index (χ0) is 25.2. The molecule has 1 amide bonds. The molecule has 6 nitrogen and oxygen atoms in total. The summed E-state index contributed by atoms with van der Waals surface area (Å²) in [5, 5.41) is 4.11. The molecule has 184 valence electrons. The number of hydrazone groups is 1. The van der Waals surface area contributed by atoms with Crippen LogP contribution in [0.1, 0.15) is 41.8 Å². The number of carbonyl (C=O) groups is 1. The molecular weight excluding hydrogens is 583 g/mol. The highest BCUT2D eigenvalue weighted by Crippen LogP contribution is 2.33. The van der Waals surface area contributed by atoms with E-state index < -0.39 is 5.91 Å². The Bertz CT molecular complexity index is 1190. The highest BCUT2D eigenvalue weighted by Gasteiger charge is 2.13. The first-order valence-corrected chi connectivity index (χ1v) is 12.6. The van der Waals surface area contributed by atoms with Crippen molar-refractivity contribution in [3.63, 3.8) is 0 Å². The topological polar surface area (TPSA) is 69.2 Å². The first-order valence-electron chi connectivity index (χ1n) is 11.0. The van der Waals surface area contributed by atoms with Crippen LogP contribution in [0.25, 0.3) is 0 Å². The highest BCUT2D eigenvalue weighted by molar-refractivity contribution is 9.11. The van der Waals surface area contributed by atoms with E-state index in [0.29, 0.717) is 46.1 Å². The molecule has 0 unspecified atom stereocenters. The number of carbonyl (C=O) groups excluding carboxylic acids is 1. The van der Waals surface area contributed by atoms with Crippen LogP contribution in [0, 0.1) is 5.82 Å². The van der Waals surface area contributed by atoms with Gasteiger partial charge in [-0.05, 0) is 77.3 Å². The number of nitrogens with zero attached hydrogens (tertiary/aromatic N) is 1. The van der Waals surface area contributed by atoms with E-state index in [0.717, 1.165) is 16.5 Å². The summed E-state index contributed by atoms with van der Waals surface area (Å²) in [6, 6.07) is 14.7. The third-order valence-corrected chi connectivity index (χ3v) is 5.72. The largest absolute Gasteiger partial charge is 0.490 e. The summed E-state index contributed by atoms with van der Waals surface area (Å²) in [6.07, 6.45) is 2.36. The molecule has 35 heavy (non-hydrogen) atoms. The van der Waals surface area contributed by atoms with Crippen molar-refractivity contribution >= 4 is 44.0 Å². The molecule has 0 aliphatic carbocycles. The fourth-order valence-electron chi connectivity index (χ4n) is 3.04. The Morgan fingerprint density at radius 3 is 2.49 bits per heavy atom. The summed E-state index contributed by atoms with van der Waals surface area (Å²) in [6.45, 7) is 5.13. The van der Waals surface area contributed by atoms with Gasteiger partial charge in [0.25, 0.3) is 5.91 Å². The van der Waals surface area contributed by atoms with E-state index in [1.54, 1.807) is 30.3 Å². The molecule has 3 rings (SSSR count). The Morgan fingerprint density at radius 2 is 1.77 bits per heavy atom. The molecule has 0 aromatic heterocycles. The molecule has 0 aliphatic heterocycles. The summed E-state index contributed by atoms with van der Waals surface area (Å²) in [7, 11) is 0. The molecular formula is C26H25Br2FN2O4. The van der Waals surface area contributed by atoms with E-state index in [9.17, 15) is 9.18 Å². The summed E-state index contributed by atoms with van der Waals surface area (Å²) in [4.78, 5) is 12.7. The van der Waals surface area contributed by atoms with Crippen LogP contribution in [0.5, 0.6) is 17.2 Å². The van der Waals surface area contributed by atoms with Gasteiger partial charge in [-0.15, -0.1) is 0 Å². The minimum atomic E-state index is -0.396. The lowest BCUT2D eigenvalue weighted by atomic mass is 10.2. The van der Waals surface area contributed by atoms with Crippen LogP contribution < -0.4 is 19.6 Å². The fourth-order valence-corrected chi connectivity index (χ4v) is 4.41. The lowest BCUT2D eigenvalue weighted by Gasteiger charge is -2.13. The summed E-state index contributed by atoms with van der Waals surface area (Å²) >= 11 is 6.95. The number of amides is 1. The van der Waals surface area contributed by atoms with E-state index in [1.165, 1.54) is 18.3 Å². The zero-order valence-electron chi connectivity index (χ0n) is 19.3. The zero-order valence-corrected chi connectivity index (χ0v) is 22.5. The smallest absolute Gasteiger partial charge is 0.271 e. The lowest BCUT2D eigenvalue weighted by molar-refractivity contribution is 0.0954. The van der Waals surface area contributed by atoms with Crippen LogP contribution >= 0.6 is 31.9 Å². The SMILES string of the molecule is CCCOc1ccc(C(=O)N/N=C/c2cc(Br)cc(Br)c2OCc2ccc(F)cc2)cc1OCC. The average molecular weight is 608 g/mol. The second kappa shape index (κ2) is 13.3. The summed E-state index contributed by atoms with van der Waals surface area (Å²) < 4.78 is 31.9. The van der Waals surface area contributed by atoms with Gasteiger partial charge >= 0.3 is 0 Å². The number of benzene rings is 3. The third-order valence-electron chi connectivity index (χ3n) is 4.67. The molecule has 0 aliphatic rings. The van der Waals surface area contributed by atoms with Crippen molar-refractivity contribution in [2.75, 3.05) is 13.2 Å². The van der Waals surface area contributed by atoms with Gasteiger partial charge < -0.3 is 14.2 Å². The molecule has 0 bridgehead atoms. The van der Waals surface area contributed by atoms with Gasteiger partial charge in [-0.3, -0.25) is 4.79 Å². The van der Waals surface area contributed by atoms with Crippen molar-refractivity contribution in [2.24, 2.45) is 5.10 Å². The average Bonchev–Trinajstić information content (AvgIpc) is 2.83.